The highest BCUT2D eigenvalue weighted by Crippen LogP contribution is 1.95. The number of rotatable bonds is 5. The van der Waals surface area contributed by atoms with Crippen molar-refractivity contribution in [1.82, 2.24) is 0 Å². The largest absolute Gasteiger partial charge is 1.00 e. The number of aromatic nitrogens is 1. The molecule has 0 atom stereocenters. The smallest absolute Gasteiger partial charge is 0.748 e. The van der Waals surface area contributed by atoms with Crippen LogP contribution in [0.5, 0.6) is 0 Å². The van der Waals surface area contributed by atoms with E-state index in [1.165, 1.54) is 5.56 Å². The first-order valence-electron chi connectivity index (χ1n) is 4.87. The van der Waals surface area contributed by atoms with Crippen LogP contribution in [0.15, 0.2) is 24.5 Å². The van der Waals surface area contributed by atoms with Gasteiger partial charge in [0.2, 0.25) is 0 Å². The van der Waals surface area contributed by atoms with E-state index in [2.05, 4.69) is 0 Å². The third-order valence-electron chi connectivity index (χ3n) is 2.12. The lowest BCUT2D eigenvalue weighted by Gasteiger charge is -2.04. The molecule has 84 valence electrons. The van der Waals surface area contributed by atoms with Crippen molar-refractivity contribution in [2.24, 2.45) is 0 Å². The fourth-order valence-corrected chi connectivity index (χ4v) is 1.81. The zero-order valence-corrected chi connectivity index (χ0v) is 9.53. The van der Waals surface area contributed by atoms with Crippen molar-refractivity contribution in [1.29, 1.82) is 0 Å². The van der Waals surface area contributed by atoms with Crippen LogP contribution in [0.3, 0.4) is 0 Å². The van der Waals surface area contributed by atoms with Crippen molar-refractivity contribution < 1.29 is 19.0 Å². The fourth-order valence-electron chi connectivity index (χ4n) is 1.25. The van der Waals surface area contributed by atoms with Crippen LogP contribution in [0.1, 0.15) is 19.8 Å². The van der Waals surface area contributed by atoms with Gasteiger partial charge in [-0.3, -0.25) is 0 Å². The Kier molecular flexibility index (Phi) is 4.23. The number of hydrogen-bond donors (Lipinski definition) is 0. The van der Waals surface area contributed by atoms with Gasteiger partial charge in [0.15, 0.2) is 12.4 Å². The van der Waals surface area contributed by atoms with E-state index >= 15 is 0 Å². The van der Waals surface area contributed by atoms with Crippen molar-refractivity contribution in [3.05, 3.63) is 30.1 Å². The van der Waals surface area contributed by atoms with E-state index in [4.69, 9.17) is 0 Å². The van der Waals surface area contributed by atoms with E-state index in [0.717, 1.165) is 6.54 Å². The molecule has 0 radical (unpaired) electrons. The molecule has 0 spiro atoms. The molecule has 1 heterocycles. The number of unbranched alkanes of at least 4 members (excludes halogenated alkanes) is 1. The summed E-state index contributed by atoms with van der Waals surface area (Å²) < 4.78 is 33.0. The topological polar surface area (TPSA) is 61.1 Å². The zero-order valence-electron chi connectivity index (χ0n) is 9.72. The van der Waals surface area contributed by atoms with Gasteiger partial charge in [-0.2, -0.15) is 0 Å². The number of aryl methyl sites for hydroxylation is 2. The summed E-state index contributed by atoms with van der Waals surface area (Å²) in [5, 5.41) is 0. The van der Waals surface area contributed by atoms with Crippen LogP contribution >= 0.6 is 0 Å². The average molecular weight is 230 g/mol. The molecule has 1 aromatic heterocycles. The molecule has 0 bridgehead atoms. The second-order valence-electron chi connectivity index (χ2n) is 3.58. The van der Waals surface area contributed by atoms with E-state index < -0.39 is 10.1 Å². The Morgan fingerprint density at radius 3 is 2.47 bits per heavy atom. The second kappa shape index (κ2) is 5.23. The Balaban J connectivity index is 0.00000225. The van der Waals surface area contributed by atoms with Crippen LogP contribution < -0.4 is 4.57 Å². The monoisotopic (exact) mass is 230 g/mol. The molecule has 4 nitrogen and oxygen atoms in total. The van der Waals surface area contributed by atoms with Crippen LogP contribution in [-0.4, -0.2) is 18.7 Å². The van der Waals surface area contributed by atoms with Crippen molar-refractivity contribution in [2.75, 3.05) is 5.75 Å². The molecule has 1 rings (SSSR count). The van der Waals surface area contributed by atoms with Crippen molar-refractivity contribution in [3.8, 4) is 0 Å². The first-order chi connectivity index (χ1) is 6.97. The minimum atomic E-state index is -4.04. The van der Waals surface area contributed by atoms with Gasteiger partial charge in [-0.1, -0.05) is 0 Å². The summed E-state index contributed by atoms with van der Waals surface area (Å²) in [5.74, 6) is -0.264. The molecule has 0 saturated heterocycles. The summed E-state index contributed by atoms with van der Waals surface area (Å²) in [5.41, 5.74) is 1.19. The van der Waals surface area contributed by atoms with Crippen molar-refractivity contribution in [3.63, 3.8) is 0 Å². The summed E-state index contributed by atoms with van der Waals surface area (Å²) in [6, 6.07) is 3.98. The van der Waals surface area contributed by atoms with Crippen LogP contribution in [0, 0.1) is 6.92 Å². The number of pyridine rings is 1. The van der Waals surface area contributed by atoms with E-state index in [9.17, 15) is 13.0 Å². The maximum absolute atomic E-state index is 10.3. The summed E-state index contributed by atoms with van der Waals surface area (Å²) in [6.45, 7) is 2.75. The van der Waals surface area contributed by atoms with Gasteiger partial charge < -0.3 is 4.55 Å². The Morgan fingerprint density at radius 1 is 1.33 bits per heavy atom. The lowest BCUT2D eigenvalue weighted by Crippen LogP contribution is -2.32. The van der Waals surface area contributed by atoms with Gasteiger partial charge >= 0.3 is 1.43 Å². The van der Waals surface area contributed by atoms with Gasteiger partial charge in [0.05, 0.1) is 10.1 Å². The third kappa shape index (κ3) is 5.49. The molecule has 0 aromatic carbocycles. The quantitative estimate of drug-likeness (QED) is 0.425. The average Bonchev–Trinajstić information content (AvgIpc) is 2.14. The zero-order chi connectivity index (χ0) is 11.3. The normalized spacial score (nSPS) is 11.6. The predicted octanol–water partition coefficient (Wildman–Crippen LogP) is 0.720. The maximum Gasteiger partial charge on any atom is 1.00 e. The van der Waals surface area contributed by atoms with E-state index in [1.807, 2.05) is 36.0 Å². The lowest BCUT2D eigenvalue weighted by atomic mass is 10.3. The first kappa shape index (κ1) is 12.1. The molecule has 0 unspecified atom stereocenters. The predicted molar refractivity (Wildman–Crippen MR) is 56.3 cm³/mol. The molecular formula is C10H16NO3S+. The lowest BCUT2D eigenvalue weighted by molar-refractivity contribution is -0.697. The molecule has 0 aliphatic heterocycles. The highest BCUT2D eigenvalue weighted by Gasteiger charge is 2.00. The molecule has 15 heavy (non-hydrogen) atoms. The SMILES string of the molecule is Cc1cc[n+](CCCCS(=O)(=O)[O-])cc1.[H+]. The molecule has 1 aromatic rings. The number of nitrogens with zero attached hydrogens (tertiary/aromatic N) is 1. The van der Waals surface area contributed by atoms with Gasteiger partial charge in [-0.25, -0.2) is 13.0 Å². The molecule has 0 saturated carbocycles. The van der Waals surface area contributed by atoms with Gasteiger partial charge in [-0.05, 0) is 18.9 Å². The highest BCUT2D eigenvalue weighted by atomic mass is 32.2. The summed E-state index contributed by atoms with van der Waals surface area (Å²) in [6.07, 6.45) is 5.02. The Morgan fingerprint density at radius 2 is 1.93 bits per heavy atom. The third-order valence-corrected chi connectivity index (χ3v) is 2.91. The van der Waals surface area contributed by atoms with Gasteiger partial charge in [0, 0.05) is 24.3 Å². The summed E-state index contributed by atoms with van der Waals surface area (Å²) >= 11 is 0. The Bertz CT molecular complexity index is 403. The molecular weight excluding hydrogens is 214 g/mol. The summed E-state index contributed by atoms with van der Waals surface area (Å²) in [4.78, 5) is 0. The Labute approximate surface area is 91.8 Å². The van der Waals surface area contributed by atoms with Crippen LogP contribution in [0.2, 0.25) is 0 Å². The van der Waals surface area contributed by atoms with Crippen LogP contribution in [-0.2, 0) is 16.7 Å². The van der Waals surface area contributed by atoms with Gasteiger partial charge in [0.1, 0.15) is 6.54 Å². The van der Waals surface area contributed by atoms with Crippen LogP contribution in [0.4, 0.5) is 0 Å². The molecule has 0 fully saturated rings. The summed E-state index contributed by atoms with van der Waals surface area (Å²) in [7, 11) is -4.04. The number of hydrogen-bond acceptors (Lipinski definition) is 3. The minimum absolute atomic E-state index is 0. The maximum atomic E-state index is 10.3. The molecule has 5 heteroatoms. The van der Waals surface area contributed by atoms with E-state index in [1.54, 1.807) is 0 Å². The first-order valence-corrected chi connectivity index (χ1v) is 6.44. The van der Waals surface area contributed by atoms with E-state index in [-0.39, 0.29) is 7.18 Å². The van der Waals surface area contributed by atoms with Gasteiger partial charge in [-0.15, -0.1) is 0 Å². The standard InChI is InChI=1S/C10H15NO3S/c1-10-4-7-11(8-5-10)6-2-3-9-15(12,13)14/h4-5,7-8H,2-3,6,9H2,1H3/p+1. The molecule has 0 amide bonds. The van der Waals surface area contributed by atoms with Gasteiger partial charge in [0.25, 0.3) is 0 Å². The molecule has 0 aliphatic rings. The van der Waals surface area contributed by atoms with E-state index in [0.29, 0.717) is 12.8 Å². The Hall–Kier alpha value is -0.940. The highest BCUT2D eigenvalue weighted by molar-refractivity contribution is 7.85. The second-order valence-corrected chi connectivity index (χ2v) is 5.11. The van der Waals surface area contributed by atoms with Crippen LogP contribution in [0.25, 0.3) is 0 Å². The molecule has 0 aliphatic carbocycles. The molecule has 0 N–H and O–H groups in total. The fraction of sp³-hybridized carbons (Fsp3) is 0.500. The van der Waals surface area contributed by atoms with Crippen molar-refractivity contribution in [2.45, 2.75) is 26.3 Å². The minimum Gasteiger partial charge on any atom is -0.748 e. The van der Waals surface area contributed by atoms with Crippen molar-refractivity contribution >= 4 is 10.1 Å².